The van der Waals surface area contributed by atoms with Gasteiger partial charge in [0.15, 0.2) is 0 Å². The lowest BCUT2D eigenvalue weighted by Crippen LogP contribution is -2.19. The Bertz CT molecular complexity index is 75.5. The summed E-state index contributed by atoms with van der Waals surface area (Å²) >= 11 is 7.30. The van der Waals surface area contributed by atoms with Gasteiger partial charge in [0.1, 0.15) is 0 Å². The fourth-order valence-corrected chi connectivity index (χ4v) is 1.21. The lowest BCUT2D eigenvalue weighted by atomic mass is 10.4. The van der Waals surface area contributed by atoms with Gasteiger partial charge in [-0.05, 0) is 19.2 Å². The lowest BCUT2D eigenvalue weighted by molar-refractivity contribution is 0.146. The molecule has 0 atom stereocenters. The molecule has 0 unspecified atom stereocenters. The number of hydrogen-bond donors (Lipinski definition) is 1. The van der Waals surface area contributed by atoms with Crippen molar-refractivity contribution in [2.24, 2.45) is 0 Å². The molecule has 0 saturated heterocycles. The van der Waals surface area contributed by atoms with Crippen molar-refractivity contribution in [3.05, 3.63) is 0 Å². The third-order valence-corrected chi connectivity index (χ3v) is 2.11. The van der Waals surface area contributed by atoms with Gasteiger partial charge in [-0.3, -0.25) is 0 Å². The molecule has 0 radical (unpaired) electrons. The molecule has 0 bridgehead atoms. The predicted molar refractivity (Wildman–Crippen MR) is 57.4 cm³/mol. The topological polar surface area (TPSA) is 21.3 Å². The summed E-state index contributed by atoms with van der Waals surface area (Å²) in [5.41, 5.74) is 0. The van der Waals surface area contributed by atoms with Gasteiger partial charge in [-0.15, -0.1) is 11.6 Å². The van der Waals surface area contributed by atoms with Crippen LogP contribution in [-0.2, 0) is 4.74 Å². The molecule has 2 nitrogen and oxygen atoms in total. The quantitative estimate of drug-likeness (QED) is 0.462. The van der Waals surface area contributed by atoms with Crippen LogP contribution in [0.1, 0.15) is 6.42 Å². The fraction of sp³-hybridized carbons (Fsp3) is 1.00. The van der Waals surface area contributed by atoms with E-state index in [-0.39, 0.29) is 0 Å². The maximum absolute atomic E-state index is 5.44. The van der Waals surface area contributed by atoms with E-state index in [1.807, 2.05) is 11.8 Å². The van der Waals surface area contributed by atoms with E-state index in [9.17, 15) is 0 Å². The van der Waals surface area contributed by atoms with Crippen LogP contribution in [0.3, 0.4) is 0 Å². The summed E-state index contributed by atoms with van der Waals surface area (Å²) in [7, 11) is 0. The molecule has 0 heterocycles. The Balaban J connectivity index is 2.73. The fourth-order valence-electron chi connectivity index (χ4n) is 0.755. The first-order valence-corrected chi connectivity index (χ1v) is 6.18. The van der Waals surface area contributed by atoms with E-state index < -0.39 is 0 Å². The van der Waals surface area contributed by atoms with Gasteiger partial charge in [-0.25, -0.2) is 0 Å². The molecule has 1 N–H and O–H groups in total. The number of ether oxygens (including phenoxy) is 1. The second kappa shape index (κ2) is 11.6. The Hall–Kier alpha value is 0.560. The van der Waals surface area contributed by atoms with E-state index in [2.05, 4.69) is 11.6 Å². The summed E-state index contributed by atoms with van der Waals surface area (Å²) in [6.45, 7) is 3.63. The second-order valence-corrected chi connectivity index (χ2v) is 3.76. The molecular formula is C8H18ClNOS. The normalized spacial score (nSPS) is 10.5. The summed E-state index contributed by atoms with van der Waals surface area (Å²) in [5.74, 6) is 1.78. The molecule has 74 valence electrons. The first kappa shape index (κ1) is 12.6. The standard InChI is InChI=1S/C8H18ClNOS/c1-12-8-5-10-4-2-6-11-7-3-9/h10H,2-8H2,1H3. The summed E-state index contributed by atoms with van der Waals surface area (Å²) in [4.78, 5) is 0. The van der Waals surface area contributed by atoms with Crippen LogP contribution < -0.4 is 5.32 Å². The number of thioether (sulfide) groups is 1. The third kappa shape index (κ3) is 10.6. The Kier molecular flexibility index (Phi) is 12.1. The summed E-state index contributed by atoms with van der Waals surface area (Å²) < 4.78 is 5.21. The molecule has 0 rings (SSSR count). The first-order chi connectivity index (χ1) is 5.91. The number of nitrogens with one attached hydrogen (secondary N) is 1. The molecule has 0 spiro atoms. The predicted octanol–water partition coefficient (Wildman–Crippen LogP) is 1.58. The van der Waals surface area contributed by atoms with E-state index in [4.69, 9.17) is 16.3 Å². The Morgan fingerprint density at radius 1 is 1.33 bits per heavy atom. The number of halogens is 1. The molecule has 0 saturated carbocycles. The minimum Gasteiger partial charge on any atom is -0.380 e. The van der Waals surface area contributed by atoms with Crippen molar-refractivity contribution >= 4 is 23.4 Å². The van der Waals surface area contributed by atoms with Gasteiger partial charge in [0.05, 0.1) is 6.61 Å². The van der Waals surface area contributed by atoms with Crippen molar-refractivity contribution in [3.63, 3.8) is 0 Å². The largest absolute Gasteiger partial charge is 0.380 e. The molecule has 0 fully saturated rings. The SMILES string of the molecule is CSCCNCCCOCCCl. The van der Waals surface area contributed by atoms with Crippen molar-refractivity contribution in [1.29, 1.82) is 0 Å². The van der Waals surface area contributed by atoms with E-state index >= 15 is 0 Å². The smallest absolute Gasteiger partial charge is 0.0601 e. The molecule has 0 amide bonds. The van der Waals surface area contributed by atoms with Gasteiger partial charge in [-0.1, -0.05) is 0 Å². The zero-order valence-electron chi connectivity index (χ0n) is 7.64. The van der Waals surface area contributed by atoms with Gasteiger partial charge >= 0.3 is 0 Å². The lowest BCUT2D eigenvalue weighted by Gasteiger charge is -2.03. The molecule has 0 aromatic carbocycles. The Labute approximate surface area is 84.4 Å². The average molecular weight is 212 g/mol. The summed E-state index contributed by atoms with van der Waals surface area (Å²) in [6, 6.07) is 0. The molecule has 0 aliphatic rings. The van der Waals surface area contributed by atoms with Crippen molar-refractivity contribution in [2.45, 2.75) is 6.42 Å². The van der Waals surface area contributed by atoms with E-state index in [0.29, 0.717) is 12.5 Å². The van der Waals surface area contributed by atoms with Crippen molar-refractivity contribution in [2.75, 3.05) is 44.2 Å². The van der Waals surface area contributed by atoms with Gasteiger partial charge in [-0.2, -0.15) is 11.8 Å². The minimum atomic E-state index is 0.597. The second-order valence-electron chi connectivity index (χ2n) is 2.40. The molecule has 0 aliphatic heterocycles. The maximum Gasteiger partial charge on any atom is 0.0601 e. The van der Waals surface area contributed by atoms with Crippen LogP contribution in [0, 0.1) is 0 Å². The molecule has 0 aromatic heterocycles. The van der Waals surface area contributed by atoms with E-state index in [0.717, 1.165) is 26.1 Å². The monoisotopic (exact) mass is 211 g/mol. The third-order valence-electron chi connectivity index (χ3n) is 1.35. The average Bonchev–Trinajstić information content (AvgIpc) is 2.10. The van der Waals surface area contributed by atoms with Gasteiger partial charge in [0.2, 0.25) is 0 Å². The molecular weight excluding hydrogens is 194 g/mol. The van der Waals surface area contributed by atoms with Crippen LogP contribution in [-0.4, -0.2) is 44.2 Å². The van der Waals surface area contributed by atoms with Crippen LogP contribution in [0.5, 0.6) is 0 Å². The highest BCUT2D eigenvalue weighted by Gasteiger charge is 1.88. The Morgan fingerprint density at radius 3 is 2.83 bits per heavy atom. The summed E-state index contributed by atoms with van der Waals surface area (Å²) in [5, 5.41) is 3.33. The highest BCUT2D eigenvalue weighted by atomic mass is 35.5. The summed E-state index contributed by atoms with van der Waals surface area (Å²) in [6.07, 6.45) is 3.19. The van der Waals surface area contributed by atoms with Crippen LogP contribution >= 0.6 is 23.4 Å². The zero-order chi connectivity index (χ0) is 9.07. The molecule has 0 aliphatic carbocycles. The molecule has 4 heteroatoms. The van der Waals surface area contributed by atoms with Crippen molar-refractivity contribution in [1.82, 2.24) is 5.32 Å². The van der Waals surface area contributed by atoms with Crippen molar-refractivity contribution < 1.29 is 4.74 Å². The Morgan fingerprint density at radius 2 is 2.17 bits per heavy atom. The highest BCUT2D eigenvalue weighted by molar-refractivity contribution is 7.98. The van der Waals surface area contributed by atoms with E-state index in [1.165, 1.54) is 5.75 Å². The van der Waals surface area contributed by atoms with E-state index in [1.54, 1.807) is 0 Å². The number of alkyl halides is 1. The van der Waals surface area contributed by atoms with Crippen LogP contribution in [0.2, 0.25) is 0 Å². The molecule has 12 heavy (non-hydrogen) atoms. The van der Waals surface area contributed by atoms with Gasteiger partial charge < -0.3 is 10.1 Å². The van der Waals surface area contributed by atoms with Gasteiger partial charge in [0, 0.05) is 24.8 Å². The molecule has 0 aromatic rings. The highest BCUT2D eigenvalue weighted by Crippen LogP contribution is 1.87. The van der Waals surface area contributed by atoms with Crippen LogP contribution in [0.25, 0.3) is 0 Å². The first-order valence-electron chi connectivity index (χ1n) is 4.25. The van der Waals surface area contributed by atoms with Gasteiger partial charge in [0.25, 0.3) is 0 Å². The number of rotatable bonds is 9. The number of hydrogen-bond acceptors (Lipinski definition) is 3. The zero-order valence-corrected chi connectivity index (χ0v) is 9.22. The maximum atomic E-state index is 5.44. The van der Waals surface area contributed by atoms with Crippen molar-refractivity contribution in [3.8, 4) is 0 Å². The van der Waals surface area contributed by atoms with Crippen LogP contribution in [0.4, 0.5) is 0 Å². The van der Waals surface area contributed by atoms with Crippen LogP contribution in [0.15, 0.2) is 0 Å². The minimum absolute atomic E-state index is 0.597.